The Kier molecular flexibility index (Phi) is 5.06. The van der Waals surface area contributed by atoms with E-state index in [4.69, 9.17) is 4.74 Å². The minimum atomic E-state index is -0.109. The SMILES string of the molecule is O=C(Nc1c(Br)cc(Br)cc1Br)N1CCOCC1. The number of anilines is 1. The van der Waals surface area contributed by atoms with E-state index in [0.717, 1.165) is 19.1 Å². The molecule has 0 aliphatic carbocycles. The van der Waals surface area contributed by atoms with Gasteiger partial charge in [0, 0.05) is 26.5 Å². The minimum absolute atomic E-state index is 0.109. The van der Waals surface area contributed by atoms with Gasteiger partial charge in [0.05, 0.1) is 18.9 Å². The van der Waals surface area contributed by atoms with Gasteiger partial charge in [0.25, 0.3) is 0 Å². The van der Waals surface area contributed by atoms with Gasteiger partial charge in [-0.2, -0.15) is 0 Å². The summed E-state index contributed by atoms with van der Waals surface area (Å²) in [6, 6.07) is 3.67. The molecule has 18 heavy (non-hydrogen) atoms. The summed E-state index contributed by atoms with van der Waals surface area (Å²) in [5.41, 5.74) is 0.731. The van der Waals surface area contributed by atoms with Gasteiger partial charge in [-0.15, -0.1) is 0 Å². The Balaban J connectivity index is 2.11. The van der Waals surface area contributed by atoms with Gasteiger partial charge in [-0.3, -0.25) is 0 Å². The zero-order valence-corrected chi connectivity index (χ0v) is 14.1. The molecule has 0 saturated carbocycles. The Morgan fingerprint density at radius 3 is 2.28 bits per heavy atom. The summed E-state index contributed by atoms with van der Waals surface area (Å²) in [5, 5.41) is 2.89. The van der Waals surface area contributed by atoms with Gasteiger partial charge < -0.3 is 15.0 Å². The molecule has 98 valence electrons. The minimum Gasteiger partial charge on any atom is -0.378 e. The first-order valence-electron chi connectivity index (χ1n) is 5.36. The van der Waals surface area contributed by atoms with E-state index in [1.54, 1.807) is 4.90 Å². The Labute approximate surface area is 130 Å². The van der Waals surface area contributed by atoms with Crippen molar-refractivity contribution in [3.63, 3.8) is 0 Å². The highest BCUT2D eigenvalue weighted by molar-refractivity contribution is 9.11. The molecule has 0 bridgehead atoms. The van der Waals surface area contributed by atoms with Gasteiger partial charge in [-0.25, -0.2) is 4.79 Å². The predicted molar refractivity (Wildman–Crippen MR) is 81.0 cm³/mol. The van der Waals surface area contributed by atoms with E-state index in [1.807, 2.05) is 12.1 Å². The zero-order valence-electron chi connectivity index (χ0n) is 9.38. The zero-order chi connectivity index (χ0) is 13.1. The summed E-state index contributed by atoms with van der Waals surface area (Å²) in [6.07, 6.45) is 0. The van der Waals surface area contributed by atoms with Crippen LogP contribution in [0, 0.1) is 0 Å². The lowest BCUT2D eigenvalue weighted by molar-refractivity contribution is 0.0564. The first kappa shape index (κ1) is 14.3. The molecule has 0 unspecified atom stereocenters. The second kappa shape index (κ2) is 6.36. The van der Waals surface area contributed by atoms with Crippen LogP contribution in [-0.2, 0) is 4.74 Å². The van der Waals surface area contributed by atoms with Crippen molar-refractivity contribution in [1.82, 2.24) is 4.90 Å². The van der Waals surface area contributed by atoms with Crippen molar-refractivity contribution in [3.8, 4) is 0 Å². The molecule has 1 aliphatic rings. The van der Waals surface area contributed by atoms with Crippen molar-refractivity contribution >= 4 is 59.5 Å². The van der Waals surface area contributed by atoms with Crippen molar-refractivity contribution < 1.29 is 9.53 Å². The number of ether oxygens (including phenoxy) is 1. The highest BCUT2D eigenvalue weighted by atomic mass is 79.9. The highest BCUT2D eigenvalue weighted by Crippen LogP contribution is 2.34. The molecule has 7 heteroatoms. The van der Waals surface area contributed by atoms with E-state index >= 15 is 0 Å². The van der Waals surface area contributed by atoms with Crippen molar-refractivity contribution in [2.75, 3.05) is 31.6 Å². The quantitative estimate of drug-likeness (QED) is 0.718. The summed E-state index contributed by atoms with van der Waals surface area (Å²) < 4.78 is 7.80. The molecule has 1 heterocycles. The summed E-state index contributed by atoms with van der Waals surface area (Å²) >= 11 is 10.3. The molecule has 2 rings (SSSR count). The van der Waals surface area contributed by atoms with Crippen molar-refractivity contribution in [2.24, 2.45) is 0 Å². The Morgan fingerprint density at radius 1 is 1.17 bits per heavy atom. The maximum atomic E-state index is 12.1. The van der Waals surface area contributed by atoms with Gasteiger partial charge in [0.1, 0.15) is 0 Å². The molecule has 0 radical (unpaired) electrons. The van der Waals surface area contributed by atoms with Gasteiger partial charge in [0.15, 0.2) is 0 Å². The number of amides is 2. The first-order valence-corrected chi connectivity index (χ1v) is 7.74. The van der Waals surface area contributed by atoms with Gasteiger partial charge in [-0.05, 0) is 44.0 Å². The van der Waals surface area contributed by atoms with Crippen LogP contribution in [0.1, 0.15) is 0 Å². The van der Waals surface area contributed by atoms with E-state index in [9.17, 15) is 4.79 Å². The molecule has 1 fully saturated rings. The monoisotopic (exact) mass is 440 g/mol. The molecule has 1 aliphatic heterocycles. The second-order valence-electron chi connectivity index (χ2n) is 3.77. The third-order valence-electron chi connectivity index (χ3n) is 2.54. The number of urea groups is 1. The number of nitrogens with zero attached hydrogens (tertiary/aromatic N) is 1. The van der Waals surface area contributed by atoms with E-state index in [-0.39, 0.29) is 6.03 Å². The van der Waals surface area contributed by atoms with Crippen LogP contribution in [0.5, 0.6) is 0 Å². The van der Waals surface area contributed by atoms with Crippen LogP contribution in [0.4, 0.5) is 10.5 Å². The third-order valence-corrected chi connectivity index (χ3v) is 4.25. The standard InChI is InChI=1S/C11H11Br3N2O2/c12-7-5-8(13)10(9(14)6-7)15-11(17)16-1-3-18-4-2-16/h5-6H,1-4H2,(H,15,17). The smallest absolute Gasteiger partial charge is 0.322 e. The number of morpholine rings is 1. The van der Waals surface area contributed by atoms with E-state index in [1.165, 1.54) is 0 Å². The number of halogens is 3. The molecule has 2 amide bonds. The summed E-state index contributed by atoms with van der Waals surface area (Å²) in [4.78, 5) is 13.8. The average molecular weight is 443 g/mol. The van der Waals surface area contributed by atoms with Crippen LogP contribution in [0.2, 0.25) is 0 Å². The van der Waals surface area contributed by atoms with Crippen molar-refractivity contribution in [2.45, 2.75) is 0 Å². The Morgan fingerprint density at radius 2 is 1.72 bits per heavy atom. The van der Waals surface area contributed by atoms with Crippen molar-refractivity contribution in [3.05, 3.63) is 25.6 Å². The number of nitrogens with one attached hydrogen (secondary N) is 1. The lowest BCUT2D eigenvalue weighted by Crippen LogP contribution is -2.43. The normalized spacial score (nSPS) is 15.6. The summed E-state index contributed by atoms with van der Waals surface area (Å²) in [7, 11) is 0. The third kappa shape index (κ3) is 3.46. The molecule has 1 aromatic rings. The van der Waals surface area contributed by atoms with Gasteiger partial charge in [0.2, 0.25) is 0 Å². The van der Waals surface area contributed by atoms with Crippen LogP contribution in [0.3, 0.4) is 0 Å². The molecule has 0 aromatic heterocycles. The fourth-order valence-corrected chi connectivity index (χ4v) is 4.07. The Hall–Kier alpha value is -0.110. The first-order chi connectivity index (χ1) is 8.58. The number of carbonyl (C=O) groups excluding carboxylic acids is 1. The largest absolute Gasteiger partial charge is 0.378 e. The molecule has 1 aromatic carbocycles. The lowest BCUT2D eigenvalue weighted by Gasteiger charge is -2.27. The number of hydrogen-bond donors (Lipinski definition) is 1. The fraction of sp³-hybridized carbons (Fsp3) is 0.364. The highest BCUT2D eigenvalue weighted by Gasteiger charge is 2.18. The fourth-order valence-electron chi connectivity index (χ4n) is 1.61. The van der Waals surface area contributed by atoms with Gasteiger partial charge >= 0.3 is 6.03 Å². The number of rotatable bonds is 1. The molecule has 1 saturated heterocycles. The van der Waals surface area contributed by atoms with Crippen LogP contribution in [0.25, 0.3) is 0 Å². The second-order valence-corrected chi connectivity index (χ2v) is 6.40. The molecule has 1 N–H and O–H groups in total. The molecule has 0 spiro atoms. The van der Waals surface area contributed by atoms with Crippen LogP contribution in [0.15, 0.2) is 25.6 Å². The van der Waals surface area contributed by atoms with Gasteiger partial charge in [-0.1, -0.05) is 15.9 Å². The Bertz CT molecular complexity index is 439. The summed E-state index contributed by atoms with van der Waals surface area (Å²) in [6.45, 7) is 2.43. The number of carbonyl (C=O) groups is 1. The van der Waals surface area contributed by atoms with E-state index < -0.39 is 0 Å². The number of hydrogen-bond acceptors (Lipinski definition) is 2. The van der Waals surface area contributed by atoms with E-state index in [0.29, 0.717) is 26.3 Å². The van der Waals surface area contributed by atoms with Crippen LogP contribution >= 0.6 is 47.8 Å². The molecular weight excluding hydrogens is 432 g/mol. The lowest BCUT2D eigenvalue weighted by atomic mass is 10.3. The molecule has 0 atom stereocenters. The maximum Gasteiger partial charge on any atom is 0.322 e. The number of benzene rings is 1. The van der Waals surface area contributed by atoms with Crippen molar-refractivity contribution in [1.29, 1.82) is 0 Å². The summed E-state index contributed by atoms with van der Waals surface area (Å²) in [5.74, 6) is 0. The van der Waals surface area contributed by atoms with E-state index in [2.05, 4.69) is 53.1 Å². The predicted octanol–water partition coefficient (Wildman–Crippen LogP) is 3.84. The topological polar surface area (TPSA) is 41.6 Å². The average Bonchev–Trinajstić information content (AvgIpc) is 2.34. The maximum absolute atomic E-state index is 12.1. The van der Waals surface area contributed by atoms with Crippen LogP contribution in [-0.4, -0.2) is 37.2 Å². The van der Waals surface area contributed by atoms with Crippen LogP contribution < -0.4 is 5.32 Å². The molecule has 4 nitrogen and oxygen atoms in total. The molecular formula is C11H11Br3N2O2.